The number of carbonyl (C=O) groups excluding carboxylic acids is 2. The van der Waals surface area contributed by atoms with Gasteiger partial charge < -0.3 is 21.0 Å². The van der Waals surface area contributed by atoms with Gasteiger partial charge in [-0.25, -0.2) is 9.78 Å². The molecule has 2 aliphatic rings. The highest BCUT2D eigenvalue weighted by molar-refractivity contribution is 8.03. The number of carbonyl (C=O) groups is 3. The molecule has 2 amide bonds. The molecule has 12 heteroatoms. The van der Waals surface area contributed by atoms with Gasteiger partial charge in [-0.05, 0) is 5.92 Å². The Labute approximate surface area is 168 Å². The largest absolute Gasteiger partial charge is 0.477 e. The number of nitrogens with zero attached hydrogens (tertiary/aromatic N) is 3. The van der Waals surface area contributed by atoms with Crippen molar-refractivity contribution in [3.8, 4) is 0 Å². The summed E-state index contributed by atoms with van der Waals surface area (Å²) in [6, 6.07) is -1.29. The van der Waals surface area contributed by atoms with Gasteiger partial charge in [-0.3, -0.25) is 14.5 Å². The number of oxime groups is 1. The summed E-state index contributed by atoms with van der Waals surface area (Å²) >= 11 is 2.53. The Morgan fingerprint density at radius 2 is 2.21 bits per heavy atom. The fourth-order valence-electron chi connectivity index (χ4n) is 3.06. The van der Waals surface area contributed by atoms with E-state index in [1.54, 1.807) is 5.38 Å². The van der Waals surface area contributed by atoms with Crippen LogP contribution in [0.3, 0.4) is 0 Å². The van der Waals surface area contributed by atoms with Gasteiger partial charge in [0.2, 0.25) is 0 Å². The van der Waals surface area contributed by atoms with Crippen molar-refractivity contribution in [1.82, 2.24) is 15.2 Å². The standard InChI is InChI=1S/C16H19N5O5S2/c1-6(2)12-11(15(24)25)21-8(5-27-12)10(14(21)23)19-13(22)9(20-26-3)7-4-28-16(17)18-7/h4,6,8,10H,5H2,1-3H3,(H2,17,18)(H,19,22)(H,24,25). The van der Waals surface area contributed by atoms with Gasteiger partial charge >= 0.3 is 5.97 Å². The number of allylic oxidation sites excluding steroid dienone is 1. The maximum absolute atomic E-state index is 12.7. The van der Waals surface area contributed by atoms with Gasteiger partial charge in [0.15, 0.2) is 10.8 Å². The van der Waals surface area contributed by atoms with Crippen molar-refractivity contribution in [3.63, 3.8) is 0 Å². The fraction of sp³-hybridized carbons (Fsp3) is 0.438. The van der Waals surface area contributed by atoms with E-state index in [9.17, 15) is 19.5 Å². The van der Waals surface area contributed by atoms with Crippen LogP contribution in [0.1, 0.15) is 19.5 Å². The maximum atomic E-state index is 12.7. The van der Waals surface area contributed by atoms with Crippen LogP contribution in [0.4, 0.5) is 5.13 Å². The number of β-lactam (4-membered cyclic amide) rings is 1. The van der Waals surface area contributed by atoms with E-state index < -0.39 is 29.9 Å². The number of hydrogen-bond donors (Lipinski definition) is 3. The lowest BCUT2D eigenvalue weighted by molar-refractivity contribution is -0.153. The van der Waals surface area contributed by atoms with Gasteiger partial charge in [-0.15, -0.1) is 23.1 Å². The minimum absolute atomic E-state index is 0.00944. The number of fused-ring (bicyclic) bond motifs is 1. The zero-order valence-corrected chi connectivity index (χ0v) is 17.0. The van der Waals surface area contributed by atoms with E-state index in [0.717, 1.165) is 11.3 Å². The minimum Gasteiger partial charge on any atom is -0.477 e. The maximum Gasteiger partial charge on any atom is 0.353 e. The fourth-order valence-corrected chi connectivity index (χ4v) is 4.96. The van der Waals surface area contributed by atoms with Gasteiger partial charge in [0.05, 0.1) is 6.04 Å². The lowest BCUT2D eigenvalue weighted by Crippen LogP contribution is -2.73. The minimum atomic E-state index is -1.15. The molecular weight excluding hydrogens is 406 g/mol. The van der Waals surface area contributed by atoms with Crippen LogP contribution < -0.4 is 11.1 Å². The summed E-state index contributed by atoms with van der Waals surface area (Å²) in [7, 11) is 1.29. The van der Waals surface area contributed by atoms with Crippen molar-refractivity contribution in [2.45, 2.75) is 25.9 Å². The number of thiazole rings is 1. The van der Waals surface area contributed by atoms with E-state index in [0.29, 0.717) is 10.7 Å². The molecule has 28 heavy (non-hydrogen) atoms. The van der Waals surface area contributed by atoms with Gasteiger partial charge in [0.1, 0.15) is 24.5 Å². The van der Waals surface area contributed by atoms with Crippen molar-refractivity contribution in [1.29, 1.82) is 0 Å². The third-order valence-corrected chi connectivity index (χ3v) is 6.44. The smallest absolute Gasteiger partial charge is 0.353 e. The summed E-state index contributed by atoms with van der Waals surface area (Å²) in [5.74, 6) is -1.80. The summed E-state index contributed by atoms with van der Waals surface area (Å²) in [5, 5.41) is 17.7. The number of nitrogen functional groups attached to an aromatic ring is 1. The average molecular weight is 425 g/mol. The normalized spacial score (nSPS) is 22.1. The van der Waals surface area contributed by atoms with Crippen LogP contribution in [0.15, 0.2) is 21.1 Å². The molecule has 3 heterocycles. The van der Waals surface area contributed by atoms with E-state index in [4.69, 9.17) is 10.6 Å². The molecule has 150 valence electrons. The molecule has 1 aromatic rings. The Morgan fingerprint density at radius 3 is 2.75 bits per heavy atom. The molecule has 2 atom stereocenters. The lowest BCUT2D eigenvalue weighted by Gasteiger charge is -2.50. The van der Waals surface area contributed by atoms with Crippen LogP contribution in [0.5, 0.6) is 0 Å². The number of nitrogens with one attached hydrogen (secondary N) is 1. The predicted molar refractivity (Wildman–Crippen MR) is 105 cm³/mol. The van der Waals surface area contributed by atoms with Gasteiger partial charge in [0, 0.05) is 16.0 Å². The van der Waals surface area contributed by atoms with Crippen molar-refractivity contribution in [2.75, 3.05) is 18.6 Å². The van der Waals surface area contributed by atoms with E-state index >= 15 is 0 Å². The highest BCUT2D eigenvalue weighted by Crippen LogP contribution is 2.41. The molecule has 0 spiro atoms. The molecule has 2 aliphatic heterocycles. The number of hydrogen-bond acceptors (Lipinski definition) is 9. The van der Waals surface area contributed by atoms with Crippen LogP contribution in [0.25, 0.3) is 0 Å². The Balaban J connectivity index is 1.80. The Bertz CT molecular complexity index is 894. The van der Waals surface area contributed by atoms with E-state index in [-0.39, 0.29) is 28.2 Å². The lowest BCUT2D eigenvalue weighted by atomic mass is 9.93. The quantitative estimate of drug-likeness (QED) is 0.338. The monoisotopic (exact) mass is 425 g/mol. The van der Waals surface area contributed by atoms with Gasteiger partial charge in [-0.1, -0.05) is 19.0 Å². The topological polar surface area (TPSA) is 147 Å². The van der Waals surface area contributed by atoms with Crippen LogP contribution in [-0.2, 0) is 19.2 Å². The Hall–Kier alpha value is -2.60. The molecule has 1 aromatic heterocycles. The van der Waals surface area contributed by atoms with Crippen molar-refractivity contribution in [2.24, 2.45) is 11.1 Å². The molecule has 4 N–H and O–H groups in total. The van der Waals surface area contributed by atoms with Crippen LogP contribution in [0, 0.1) is 5.92 Å². The molecule has 1 fully saturated rings. The summed E-state index contributed by atoms with van der Waals surface area (Å²) in [4.78, 5) is 47.6. The van der Waals surface area contributed by atoms with Gasteiger partial charge in [0.25, 0.3) is 11.8 Å². The van der Waals surface area contributed by atoms with E-state index in [1.807, 2.05) is 13.8 Å². The number of nitrogens with two attached hydrogens (primary N) is 1. The molecule has 0 aliphatic carbocycles. The van der Waals surface area contributed by atoms with E-state index in [2.05, 4.69) is 15.5 Å². The SMILES string of the molecule is CON=C(C(=O)NC1C(=O)N2C(C(=O)O)=C(C(C)C)SCC12)c1csc(N)n1. The predicted octanol–water partition coefficient (Wildman–Crippen LogP) is 0.470. The second-order valence-corrected chi connectivity index (χ2v) is 8.36. The van der Waals surface area contributed by atoms with E-state index in [1.165, 1.54) is 23.8 Å². The first kappa shape index (κ1) is 20.1. The van der Waals surface area contributed by atoms with Crippen molar-refractivity contribution < 1.29 is 24.3 Å². The molecule has 10 nitrogen and oxygen atoms in total. The molecular formula is C16H19N5O5S2. The summed E-state index contributed by atoms with van der Waals surface area (Å²) in [6.07, 6.45) is 0. The Morgan fingerprint density at radius 1 is 1.50 bits per heavy atom. The van der Waals surface area contributed by atoms with Crippen LogP contribution in [-0.4, -0.2) is 63.4 Å². The highest BCUT2D eigenvalue weighted by Gasteiger charge is 2.54. The number of carboxylic acids is 1. The zero-order valence-electron chi connectivity index (χ0n) is 15.3. The summed E-state index contributed by atoms with van der Waals surface area (Å²) in [5.41, 5.74) is 5.71. The van der Waals surface area contributed by atoms with Crippen LogP contribution >= 0.6 is 23.1 Å². The number of aromatic nitrogens is 1. The number of anilines is 1. The number of aliphatic carboxylic acids is 1. The van der Waals surface area contributed by atoms with Crippen molar-refractivity contribution in [3.05, 3.63) is 21.7 Å². The number of carboxylic acid groups (broad SMARTS) is 1. The van der Waals surface area contributed by atoms with Crippen LogP contribution in [0.2, 0.25) is 0 Å². The molecule has 0 radical (unpaired) electrons. The first-order valence-electron chi connectivity index (χ1n) is 8.33. The molecule has 0 bridgehead atoms. The molecule has 0 saturated carbocycles. The number of amides is 2. The third-order valence-electron chi connectivity index (χ3n) is 4.28. The summed E-state index contributed by atoms with van der Waals surface area (Å²) < 4.78 is 0. The molecule has 3 rings (SSSR count). The second kappa shape index (κ2) is 7.80. The first-order chi connectivity index (χ1) is 13.3. The molecule has 2 unspecified atom stereocenters. The van der Waals surface area contributed by atoms with Gasteiger partial charge in [-0.2, -0.15) is 0 Å². The molecule has 0 aromatic carbocycles. The number of rotatable bonds is 6. The summed E-state index contributed by atoms with van der Waals surface area (Å²) in [6.45, 7) is 3.75. The molecule has 1 saturated heterocycles. The average Bonchev–Trinajstić information content (AvgIpc) is 3.08. The highest BCUT2D eigenvalue weighted by atomic mass is 32.2. The third kappa shape index (κ3) is 3.44. The Kier molecular flexibility index (Phi) is 5.61. The number of thioether (sulfide) groups is 1. The zero-order chi connectivity index (χ0) is 20.6. The second-order valence-electron chi connectivity index (χ2n) is 6.40. The first-order valence-corrected chi connectivity index (χ1v) is 10.2. The van der Waals surface area contributed by atoms with Crippen molar-refractivity contribution >= 4 is 51.7 Å².